The van der Waals surface area contributed by atoms with Crippen LogP contribution >= 0.6 is 0 Å². The first kappa shape index (κ1) is 11.7. The lowest BCUT2D eigenvalue weighted by Crippen LogP contribution is -2.04. The van der Waals surface area contributed by atoms with Crippen molar-refractivity contribution in [2.75, 3.05) is 7.11 Å². The van der Waals surface area contributed by atoms with Gasteiger partial charge in [-0.3, -0.25) is 4.98 Å². The van der Waals surface area contributed by atoms with Gasteiger partial charge in [0.2, 0.25) is 0 Å². The van der Waals surface area contributed by atoms with E-state index in [9.17, 15) is 4.79 Å². The van der Waals surface area contributed by atoms with Crippen molar-refractivity contribution < 1.29 is 9.53 Å². The molecule has 0 aromatic carbocycles. The fourth-order valence-corrected chi connectivity index (χ4v) is 1.54. The van der Waals surface area contributed by atoms with Crippen LogP contribution in [0.4, 0.5) is 0 Å². The van der Waals surface area contributed by atoms with Crippen molar-refractivity contribution in [1.29, 1.82) is 0 Å². The van der Waals surface area contributed by atoms with Crippen LogP contribution in [0.25, 0.3) is 0 Å². The van der Waals surface area contributed by atoms with Gasteiger partial charge in [-0.05, 0) is 24.5 Å². The first-order valence-electron chi connectivity index (χ1n) is 5.23. The number of carbonyl (C=O) groups is 1. The third kappa shape index (κ3) is 3.05. The topological polar surface area (TPSA) is 39.2 Å². The zero-order valence-corrected chi connectivity index (χ0v) is 9.49. The predicted molar refractivity (Wildman–Crippen MR) is 58.9 cm³/mol. The van der Waals surface area contributed by atoms with E-state index in [0.29, 0.717) is 11.5 Å². The van der Waals surface area contributed by atoms with Gasteiger partial charge in [-0.25, -0.2) is 4.79 Å². The van der Waals surface area contributed by atoms with Crippen LogP contribution in [0.3, 0.4) is 0 Å². The van der Waals surface area contributed by atoms with E-state index in [1.54, 1.807) is 12.3 Å². The summed E-state index contributed by atoms with van der Waals surface area (Å²) in [6.07, 6.45) is 3.86. The number of methoxy groups -OCH3 is 1. The predicted octanol–water partition coefficient (Wildman–Crippen LogP) is 2.77. The summed E-state index contributed by atoms with van der Waals surface area (Å²) in [4.78, 5) is 15.6. The summed E-state index contributed by atoms with van der Waals surface area (Å²) in [5, 5.41) is 0. The molecular weight excluding hydrogens is 190 g/mol. The average molecular weight is 207 g/mol. The number of pyridine rings is 1. The number of carbonyl (C=O) groups excluding carboxylic acids is 1. The molecule has 0 radical (unpaired) electrons. The van der Waals surface area contributed by atoms with E-state index >= 15 is 0 Å². The molecule has 3 nitrogen and oxygen atoms in total. The maximum absolute atomic E-state index is 11.3. The Bertz CT molecular complexity index is 336. The zero-order chi connectivity index (χ0) is 11.3. The number of aromatic nitrogens is 1. The second kappa shape index (κ2) is 5.49. The van der Waals surface area contributed by atoms with Crippen LogP contribution in [0.5, 0.6) is 0 Å². The summed E-state index contributed by atoms with van der Waals surface area (Å²) in [5.41, 5.74) is 1.53. The van der Waals surface area contributed by atoms with Gasteiger partial charge in [-0.15, -0.1) is 0 Å². The molecule has 3 heteroatoms. The smallest absolute Gasteiger partial charge is 0.337 e. The lowest BCUT2D eigenvalue weighted by atomic mass is 10.0. The van der Waals surface area contributed by atoms with Crippen molar-refractivity contribution >= 4 is 5.97 Å². The first-order valence-corrected chi connectivity index (χ1v) is 5.23. The molecule has 1 unspecified atom stereocenters. The Morgan fingerprint density at radius 2 is 2.33 bits per heavy atom. The van der Waals surface area contributed by atoms with Crippen molar-refractivity contribution in [2.45, 2.75) is 32.6 Å². The van der Waals surface area contributed by atoms with Crippen LogP contribution in [0, 0.1) is 0 Å². The van der Waals surface area contributed by atoms with Crippen molar-refractivity contribution in [1.82, 2.24) is 4.98 Å². The van der Waals surface area contributed by atoms with Gasteiger partial charge < -0.3 is 4.74 Å². The molecule has 1 heterocycles. The number of nitrogens with zero attached hydrogens (tertiary/aromatic N) is 1. The van der Waals surface area contributed by atoms with Crippen molar-refractivity contribution in [2.24, 2.45) is 0 Å². The molecule has 15 heavy (non-hydrogen) atoms. The molecule has 1 aromatic rings. The van der Waals surface area contributed by atoms with Crippen LogP contribution in [-0.4, -0.2) is 18.1 Å². The number of ether oxygens (including phenoxy) is 1. The van der Waals surface area contributed by atoms with Gasteiger partial charge in [0, 0.05) is 11.9 Å². The summed E-state index contributed by atoms with van der Waals surface area (Å²) in [6.45, 7) is 4.26. The molecule has 0 amide bonds. The molecule has 0 aliphatic rings. The van der Waals surface area contributed by atoms with E-state index in [0.717, 1.165) is 18.5 Å². The molecule has 0 bridgehead atoms. The minimum absolute atomic E-state index is 0.303. The fraction of sp³-hybridized carbons (Fsp3) is 0.500. The van der Waals surface area contributed by atoms with Gasteiger partial charge in [-0.2, -0.15) is 0 Å². The molecule has 1 aromatic heterocycles. The number of esters is 1. The van der Waals surface area contributed by atoms with Crippen LogP contribution in [-0.2, 0) is 4.74 Å². The molecule has 0 N–H and O–H groups in total. The summed E-state index contributed by atoms with van der Waals surface area (Å²) in [6, 6.07) is 3.49. The molecule has 0 saturated carbocycles. The maximum atomic E-state index is 11.3. The van der Waals surface area contributed by atoms with Gasteiger partial charge in [0.1, 0.15) is 0 Å². The van der Waals surface area contributed by atoms with Crippen molar-refractivity contribution in [3.05, 3.63) is 29.6 Å². The molecule has 0 fully saturated rings. The third-order valence-corrected chi connectivity index (χ3v) is 2.43. The molecular formula is C12H17NO2. The molecule has 0 spiro atoms. The van der Waals surface area contributed by atoms with E-state index < -0.39 is 0 Å². The normalized spacial score (nSPS) is 12.2. The highest BCUT2D eigenvalue weighted by atomic mass is 16.5. The SMILES string of the molecule is CCCC(C)c1cc(C(=O)OC)ccn1. The molecule has 82 valence electrons. The van der Waals surface area contributed by atoms with E-state index in [1.165, 1.54) is 7.11 Å². The Morgan fingerprint density at radius 1 is 1.60 bits per heavy atom. The van der Waals surface area contributed by atoms with E-state index in [1.807, 2.05) is 6.07 Å². The van der Waals surface area contributed by atoms with Crippen LogP contribution in [0.2, 0.25) is 0 Å². The summed E-state index contributed by atoms with van der Waals surface area (Å²) >= 11 is 0. The number of rotatable bonds is 4. The Hall–Kier alpha value is -1.38. The van der Waals surface area contributed by atoms with E-state index in [-0.39, 0.29) is 5.97 Å². The highest BCUT2D eigenvalue weighted by Gasteiger charge is 2.10. The van der Waals surface area contributed by atoms with E-state index in [4.69, 9.17) is 0 Å². The number of hydrogen-bond donors (Lipinski definition) is 0. The van der Waals surface area contributed by atoms with Gasteiger partial charge in [0.25, 0.3) is 0 Å². The van der Waals surface area contributed by atoms with Crippen LogP contribution in [0.15, 0.2) is 18.3 Å². The Kier molecular flexibility index (Phi) is 4.28. The van der Waals surface area contributed by atoms with Crippen LogP contribution < -0.4 is 0 Å². The van der Waals surface area contributed by atoms with Gasteiger partial charge in [0.15, 0.2) is 0 Å². The van der Waals surface area contributed by atoms with E-state index in [2.05, 4.69) is 23.6 Å². The average Bonchev–Trinajstić information content (AvgIpc) is 2.28. The molecule has 0 aliphatic heterocycles. The molecule has 0 saturated heterocycles. The van der Waals surface area contributed by atoms with Crippen molar-refractivity contribution in [3.8, 4) is 0 Å². The maximum Gasteiger partial charge on any atom is 0.337 e. The van der Waals surface area contributed by atoms with Crippen molar-refractivity contribution in [3.63, 3.8) is 0 Å². The number of hydrogen-bond acceptors (Lipinski definition) is 3. The summed E-state index contributed by atoms with van der Waals surface area (Å²) in [7, 11) is 1.39. The highest BCUT2D eigenvalue weighted by molar-refractivity contribution is 5.89. The highest BCUT2D eigenvalue weighted by Crippen LogP contribution is 2.19. The second-order valence-electron chi connectivity index (χ2n) is 3.65. The molecule has 1 rings (SSSR count). The Labute approximate surface area is 90.5 Å². The summed E-state index contributed by atoms with van der Waals surface area (Å²) < 4.78 is 4.66. The lowest BCUT2D eigenvalue weighted by Gasteiger charge is -2.09. The fourth-order valence-electron chi connectivity index (χ4n) is 1.54. The van der Waals surface area contributed by atoms with Crippen LogP contribution in [0.1, 0.15) is 48.7 Å². The van der Waals surface area contributed by atoms with Gasteiger partial charge in [0.05, 0.1) is 12.7 Å². The minimum Gasteiger partial charge on any atom is -0.465 e. The Balaban J connectivity index is 2.87. The lowest BCUT2D eigenvalue weighted by molar-refractivity contribution is 0.0600. The largest absolute Gasteiger partial charge is 0.465 e. The van der Waals surface area contributed by atoms with Gasteiger partial charge >= 0.3 is 5.97 Å². The summed E-state index contributed by atoms with van der Waals surface area (Å²) in [5.74, 6) is 0.0851. The van der Waals surface area contributed by atoms with Gasteiger partial charge in [-0.1, -0.05) is 20.3 Å². The second-order valence-corrected chi connectivity index (χ2v) is 3.65. The minimum atomic E-state index is -0.303. The monoisotopic (exact) mass is 207 g/mol. The zero-order valence-electron chi connectivity index (χ0n) is 9.49. The third-order valence-electron chi connectivity index (χ3n) is 2.43. The quantitative estimate of drug-likeness (QED) is 0.713. The standard InChI is InChI=1S/C12H17NO2/c1-4-5-9(2)11-8-10(6-7-13-11)12(14)15-3/h6-9H,4-5H2,1-3H3. The molecule has 1 atom stereocenters. The molecule has 0 aliphatic carbocycles. The first-order chi connectivity index (χ1) is 7.19. The Morgan fingerprint density at radius 3 is 2.93 bits per heavy atom.